The Bertz CT molecular complexity index is 611. The van der Waals surface area contributed by atoms with Gasteiger partial charge in [-0.2, -0.15) is 13.2 Å². The lowest BCUT2D eigenvalue weighted by molar-refractivity contribution is -0.137. The van der Waals surface area contributed by atoms with Crippen LogP contribution in [-0.4, -0.2) is 5.71 Å². The Morgan fingerprint density at radius 2 is 1.79 bits per heavy atom. The first-order chi connectivity index (χ1) is 8.88. The maximum atomic E-state index is 12.8. The number of aryl methyl sites for hydroxylation is 1. The third-order valence-corrected chi connectivity index (χ3v) is 3.70. The number of para-hydroxylation sites is 1. The molecule has 0 saturated carbocycles. The summed E-state index contributed by atoms with van der Waals surface area (Å²) in [5.41, 5.74) is -0.156. The molecule has 100 valence electrons. The average molecular weight is 283 g/mol. The highest BCUT2D eigenvalue weighted by molar-refractivity contribution is 7.14. The van der Waals surface area contributed by atoms with E-state index in [0.29, 0.717) is 5.71 Å². The van der Waals surface area contributed by atoms with Gasteiger partial charge in [-0.25, -0.2) is 0 Å². The van der Waals surface area contributed by atoms with E-state index in [0.717, 1.165) is 15.8 Å². The first kappa shape index (κ1) is 13.8. The largest absolute Gasteiger partial charge is 0.418 e. The van der Waals surface area contributed by atoms with Gasteiger partial charge in [0.1, 0.15) is 0 Å². The van der Waals surface area contributed by atoms with Gasteiger partial charge in [-0.05, 0) is 38.1 Å². The van der Waals surface area contributed by atoms with Crippen molar-refractivity contribution in [2.24, 2.45) is 4.99 Å². The summed E-state index contributed by atoms with van der Waals surface area (Å²) >= 11 is 1.52. The van der Waals surface area contributed by atoms with E-state index < -0.39 is 11.7 Å². The van der Waals surface area contributed by atoms with Crippen LogP contribution in [0.25, 0.3) is 0 Å². The second kappa shape index (κ2) is 5.17. The number of thiophene rings is 1. The van der Waals surface area contributed by atoms with Gasteiger partial charge < -0.3 is 0 Å². The minimum absolute atomic E-state index is 0.0430. The number of hydrogen-bond donors (Lipinski definition) is 0. The third kappa shape index (κ3) is 3.23. The van der Waals surface area contributed by atoms with Crippen molar-refractivity contribution >= 4 is 22.7 Å². The molecule has 0 aliphatic rings. The maximum absolute atomic E-state index is 12.8. The number of halogens is 3. The molecule has 1 heterocycles. The molecule has 1 aromatic heterocycles. The number of alkyl halides is 3. The van der Waals surface area contributed by atoms with Gasteiger partial charge in [-0.15, -0.1) is 11.3 Å². The molecule has 0 aliphatic heterocycles. The smallest absolute Gasteiger partial charge is 0.252 e. The molecule has 0 saturated heterocycles. The van der Waals surface area contributed by atoms with Crippen LogP contribution in [0.2, 0.25) is 0 Å². The van der Waals surface area contributed by atoms with Crippen LogP contribution in [0.3, 0.4) is 0 Å². The summed E-state index contributed by atoms with van der Waals surface area (Å²) in [6, 6.07) is 9.15. The van der Waals surface area contributed by atoms with Crippen molar-refractivity contribution in [3.8, 4) is 0 Å². The monoisotopic (exact) mass is 283 g/mol. The molecule has 0 amide bonds. The minimum atomic E-state index is -4.38. The van der Waals surface area contributed by atoms with Gasteiger partial charge in [0, 0.05) is 9.75 Å². The van der Waals surface area contributed by atoms with Gasteiger partial charge >= 0.3 is 6.18 Å². The number of aliphatic imine (C=N–C) groups is 1. The van der Waals surface area contributed by atoms with Crippen LogP contribution in [0.4, 0.5) is 18.9 Å². The van der Waals surface area contributed by atoms with Crippen LogP contribution >= 0.6 is 11.3 Å². The Morgan fingerprint density at radius 3 is 2.37 bits per heavy atom. The molecule has 0 spiro atoms. The van der Waals surface area contributed by atoms with E-state index >= 15 is 0 Å². The van der Waals surface area contributed by atoms with E-state index in [2.05, 4.69) is 4.99 Å². The van der Waals surface area contributed by atoms with E-state index in [9.17, 15) is 13.2 Å². The van der Waals surface area contributed by atoms with Gasteiger partial charge in [-0.1, -0.05) is 12.1 Å². The van der Waals surface area contributed by atoms with E-state index in [1.807, 2.05) is 19.1 Å². The molecule has 0 unspecified atom stereocenters. The molecule has 1 nitrogen and oxygen atoms in total. The van der Waals surface area contributed by atoms with Crippen molar-refractivity contribution in [2.45, 2.75) is 20.0 Å². The average Bonchev–Trinajstić information content (AvgIpc) is 2.75. The molecule has 0 N–H and O–H groups in total. The summed E-state index contributed by atoms with van der Waals surface area (Å²) in [5.74, 6) is 0. The molecule has 19 heavy (non-hydrogen) atoms. The zero-order chi connectivity index (χ0) is 14.0. The van der Waals surface area contributed by atoms with Crippen molar-refractivity contribution in [2.75, 3.05) is 0 Å². The number of benzene rings is 1. The summed E-state index contributed by atoms with van der Waals surface area (Å²) in [5, 5.41) is 0. The minimum Gasteiger partial charge on any atom is -0.252 e. The topological polar surface area (TPSA) is 12.4 Å². The van der Waals surface area contributed by atoms with E-state index in [1.54, 1.807) is 13.0 Å². The third-order valence-electron chi connectivity index (χ3n) is 2.59. The molecule has 0 aliphatic carbocycles. The Morgan fingerprint density at radius 1 is 1.11 bits per heavy atom. The van der Waals surface area contributed by atoms with Crippen LogP contribution in [0.5, 0.6) is 0 Å². The number of nitrogens with zero attached hydrogens (tertiary/aromatic N) is 1. The molecular formula is C14H12F3NS. The molecule has 2 aromatic rings. The predicted octanol–water partition coefficient (Wildman–Crippen LogP) is 5.22. The highest BCUT2D eigenvalue weighted by atomic mass is 32.1. The van der Waals surface area contributed by atoms with E-state index in [4.69, 9.17) is 0 Å². The first-order valence-corrected chi connectivity index (χ1v) is 6.48. The van der Waals surface area contributed by atoms with Crippen molar-refractivity contribution in [1.29, 1.82) is 0 Å². The maximum Gasteiger partial charge on any atom is 0.418 e. The lowest BCUT2D eigenvalue weighted by Crippen LogP contribution is -2.05. The summed E-state index contributed by atoms with van der Waals surface area (Å²) in [6.07, 6.45) is -4.38. The lowest BCUT2D eigenvalue weighted by atomic mass is 10.1. The molecule has 0 radical (unpaired) electrons. The Labute approximate surface area is 113 Å². The van der Waals surface area contributed by atoms with Crippen molar-refractivity contribution in [1.82, 2.24) is 0 Å². The van der Waals surface area contributed by atoms with E-state index in [1.165, 1.54) is 23.5 Å². The summed E-state index contributed by atoms with van der Waals surface area (Å²) in [6.45, 7) is 3.67. The normalized spacial score (nSPS) is 12.8. The van der Waals surface area contributed by atoms with Gasteiger partial charge in [0.05, 0.1) is 17.0 Å². The predicted molar refractivity (Wildman–Crippen MR) is 72.4 cm³/mol. The second-order valence-electron chi connectivity index (χ2n) is 4.12. The fraction of sp³-hybridized carbons (Fsp3) is 0.214. The zero-order valence-electron chi connectivity index (χ0n) is 10.5. The lowest BCUT2D eigenvalue weighted by Gasteiger charge is -2.09. The van der Waals surface area contributed by atoms with Gasteiger partial charge in [-0.3, -0.25) is 4.99 Å². The van der Waals surface area contributed by atoms with Gasteiger partial charge in [0.2, 0.25) is 0 Å². The van der Waals surface area contributed by atoms with Crippen LogP contribution < -0.4 is 0 Å². The molecule has 0 bridgehead atoms. The Hall–Kier alpha value is -1.62. The van der Waals surface area contributed by atoms with Gasteiger partial charge in [0.25, 0.3) is 0 Å². The quantitative estimate of drug-likeness (QED) is 0.670. The van der Waals surface area contributed by atoms with Crippen molar-refractivity contribution in [3.05, 3.63) is 51.7 Å². The van der Waals surface area contributed by atoms with Crippen LogP contribution in [0, 0.1) is 6.92 Å². The van der Waals surface area contributed by atoms with Crippen LogP contribution in [-0.2, 0) is 6.18 Å². The van der Waals surface area contributed by atoms with Crippen molar-refractivity contribution < 1.29 is 13.2 Å². The highest BCUT2D eigenvalue weighted by Gasteiger charge is 2.33. The molecule has 0 fully saturated rings. The van der Waals surface area contributed by atoms with Crippen LogP contribution in [0.1, 0.15) is 22.2 Å². The fourth-order valence-corrected chi connectivity index (χ4v) is 2.49. The highest BCUT2D eigenvalue weighted by Crippen LogP contribution is 2.36. The zero-order valence-corrected chi connectivity index (χ0v) is 11.3. The standard InChI is InChI=1S/C14H12F3NS/c1-9-7-8-13(19-9)10(2)18-12-6-4-3-5-11(12)14(15,16)17/h3-8H,1-2H3. The molecule has 1 aromatic carbocycles. The SMILES string of the molecule is CC(=Nc1ccccc1C(F)(F)F)c1ccc(C)s1. The Kier molecular flexibility index (Phi) is 3.75. The molecule has 5 heteroatoms. The van der Waals surface area contributed by atoms with E-state index in [-0.39, 0.29) is 5.69 Å². The molecular weight excluding hydrogens is 271 g/mol. The molecule has 0 atom stereocenters. The van der Waals surface area contributed by atoms with Crippen molar-refractivity contribution in [3.63, 3.8) is 0 Å². The fourth-order valence-electron chi connectivity index (χ4n) is 1.68. The Balaban J connectivity index is 2.43. The number of rotatable bonds is 2. The summed E-state index contributed by atoms with van der Waals surface area (Å²) < 4.78 is 38.5. The second-order valence-corrected chi connectivity index (χ2v) is 5.41. The van der Waals surface area contributed by atoms with Crippen LogP contribution in [0.15, 0.2) is 41.4 Å². The summed E-state index contributed by atoms with van der Waals surface area (Å²) in [4.78, 5) is 6.11. The number of hydrogen-bond acceptors (Lipinski definition) is 2. The first-order valence-electron chi connectivity index (χ1n) is 5.66. The van der Waals surface area contributed by atoms with Gasteiger partial charge in [0.15, 0.2) is 0 Å². The summed E-state index contributed by atoms with van der Waals surface area (Å²) in [7, 11) is 0. The molecule has 2 rings (SSSR count).